The number of hydrogen-bond acceptors (Lipinski definition) is 2. The molecular weight excluding hydrogens is 298 g/mol. The van der Waals surface area contributed by atoms with Crippen LogP contribution in [0.15, 0.2) is 54.6 Å². The minimum absolute atomic E-state index is 0.0617. The van der Waals surface area contributed by atoms with E-state index in [1.54, 1.807) is 6.92 Å². The zero-order valence-electron chi connectivity index (χ0n) is 15.2. The number of rotatable bonds is 5. The van der Waals surface area contributed by atoms with E-state index in [0.717, 1.165) is 5.56 Å². The number of benzene rings is 2. The third kappa shape index (κ3) is 4.85. The van der Waals surface area contributed by atoms with Gasteiger partial charge in [0.15, 0.2) is 6.10 Å². The first-order valence-corrected chi connectivity index (χ1v) is 8.40. The van der Waals surface area contributed by atoms with Gasteiger partial charge in [-0.2, -0.15) is 0 Å². The number of ether oxygens (including phenoxy) is 1. The quantitative estimate of drug-likeness (QED) is 0.870. The van der Waals surface area contributed by atoms with Crippen molar-refractivity contribution in [1.29, 1.82) is 0 Å². The molecule has 1 N–H and O–H groups in total. The van der Waals surface area contributed by atoms with Crippen LogP contribution in [0.3, 0.4) is 0 Å². The van der Waals surface area contributed by atoms with Crippen LogP contribution < -0.4 is 10.1 Å². The molecule has 2 aromatic rings. The van der Waals surface area contributed by atoms with Crippen molar-refractivity contribution < 1.29 is 9.53 Å². The van der Waals surface area contributed by atoms with Crippen LogP contribution >= 0.6 is 0 Å². The van der Waals surface area contributed by atoms with Gasteiger partial charge in [-0.25, -0.2) is 0 Å². The summed E-state index contributed by atoms with van der Waals surface area (Å²) in [6.45, 7) is 10.3. The normalized spacial score (nSPS) is 13.9. The monoisotopic (exact) mass is 325 g/mol. The van der Waals surface area contributed by atoms with Crippen LogP contribution in [-0.4, -0.2) is 12.0 Å². The van der Waals surface area contributed by atoms with Gasteiger partial charge < -0.3 is 10.1 Å². The molecule has 0 aromatic heterocycles. The maximum absolute atomic E-state index is 12.3. The number of amides is 1. The van der Waals surface area contributed by atoms with Gasteiger partial charge in [0.25, 0.3) is 5.91 Å². The smallest absolute Gasteiger partial charge is 0.261 e. The van der Waals surface area contributed by atoms with Crippen LogP contribution in [0, 0.1) is 0 Å². The van der Waals surface area contributed by atoms with Crippen LogP contribution in [0.2, 0.25) is 0 Å². The summed E-state index contributed by atoms with van der Waals surface area (Å²) >= 11 is 0. The Morgan fingerprint density at radius 3 is 2.08 bits per heavy atom. The van der Waals surface area contributed by atoms with Crippen molar-refractivity contribution in [2.75, 3.05) is 0 Å². The maximum Gasteiger partial charge on any atom is 0.261 e. The molecule has 0 aliphatic heterocycles. The van der Waals surface area contributed by atoms with Crippen molar-refractivity contribution in [3.8, 4) is 5.75 Å². The van der Waals surface area contributed by atoms with Gasteiger partial charge in [-0.3, -0.25) is 4.79 Å². The van der Waals surface area contributed by atoms with Crippen LogP contribution in [0.5, 0.6) is 5.75 Å². The fourth-order valence-electron chi connectivity index (χ4n) is 2.44. The Morgan fingerprint density at radius 1 is 0.958 bits per heavy atom. The molecule has 0 unspecified atom stereocenters. The molecule has 1 amide bonds. The molecule has 2 aromatic carbocycles. The second kappa shape index (κ2) is 7.52. The number of nitrogens with one attached hydrogen (secondary N) is 1. The highest BCUT2D eigenvalue weighted by molar-refractivity contribution is 5.81. The summed E-state index contributed by atoms with van der Waals surface area (Å²) in [4.78, 5) is 12.3. The minimum atomic E-state index is -0.538. The molecule has 0 heterocycles. The molecule has 3 nitrogen and oxygen atoms in total. The second-order valence-electron chi connectivity index (χ2n) is 7.18. The first kappa shape index (κ1) is 18.1. The molecular formula is C21H27NO2. The van der Waals surface area contributed by atoms with E-state index in [9.17, 15) is 4.79 Å². The lowest BCUT2D eigenvalue weighted by molar-refractivity contribution is -0.127. The molecule has 0 radical (unpaired) electrons. The number of carbonyl (C=O) groups excluding carboxylic acids is 1. The van der Waals surface area contributed by atoms with Gasteiger partial charge in [0.05, 0.1) is 6.04 Å². The van der Waals surface area contributed by atoms with Crippen molar-refractivity contribution >= 4 is 5.91 Å². The van der Waals surface area contributed by atoms with E-state index in [2.05, 4.69) is 50.4 Å². The maximum atomic E-state index is 12.3. The molecule has 0 aliphatic carbocycles. The Morgan fingerprint density at radius 2 is 1.54 bits per heavy atom. The van der Waals surface area contributed by atoms with Crippen LogP contribution in [0.25, 0.3) is 0 Å². The lowest BCUT2D eigenvalue weighted by Crippen LogP contribution is -2.37. The molecule has 0 saturated carbocycles. The van der Waals surface area contributed by atoms with Gasteiger partial charge in [-0.1, -0.05) is 63.2 Å². The summed E-state index contributed by atoms with van der Waals surface area (Å²) < 4.78 is 5.66. The van der Waals surface area contributed by atoms with Crippen LogP contribution in [-0.2, 0) is 10.2 Å². The van der Waals surface area contributed by atoms with Crippen LogP contribution in [0.4, 0.5) is 0 Å². The van der Waals surface area contributed by atoms with Gasteiger partial charge >= 0.3 is 0 Å². The molecule has 3 heteroatoms. The number of hydrogen-bond donors (Lipinski definition) is 1. The summed E-state index contributed by atoms with van der Waals surface area (Å²) in [6, 6.07) is 17.7. The van der Waals surface area contributed by atoms with Gasteiger partial charge in [0.1, 0.15) is 5.75 Å². The summed E-state index contributed by atoms with van der Waals surface area (Å²) in [5, 5.41) is 3.01. The predicted molar refractivity (Wildman–Crippen MR) is 98.2 cm³/mol. The largest absolute Gasteiger partial charge is 0.481 e. The average molecular weight is 325 g/mol. The Bertz CT molecular complexity index is 656. The minimum Gasteiger partial charge on any atom is -0.481 e. The molecule has 24 heavy (non-hydrogen) atoms. The van der Waals surface area contributed by atoms with Gasteiger partial charge in [0, 0.05) is 0 Å². The highest BCUT2D eigenvalue weighted by Crippen LogP contribution is 2.24. The predicted octanol–water partition coefficient (Wildman–Crippen LogP) is 4.63. The SMILES string of the molecule is C[C@H](NC(=O)[C@@H](C)Oc1ccccc1)c1ccc(C(C)(C)C)cc1. The summed E-state index contributed by atoms with van der Waals surface area (Å²) in [5.41, 5.74) is 2.50. The van der Waals surface area contributed by atoms with Gasteiger partial charge in [0.2, 0.25) is 0 Å². The molecule has 0 spiro atoms. The highest BCUT2D eigenvalue weighted by atomic mass is 16.5. The van der Waals surface area contributed by atoms with E-state index >= 15 is 0 Å². The van der Waals surface area contributed by atoms with Crippen LogP contribution in [0.1, 0.15) is 51.8 Å². The zero-order valence-corrected chi connectivity index (χ0v) is 15.2. The third-order valence-corrected chi connectivity index (χ3v) is 4.06. The van der Waals surface area contributed by atoms with E-state index in [1.165, 1.54) is 5.56 Å². The lowest BCUT2D eigenvalue weighted by Gasteiger charge is -2.22. The molecule has 2 atom stereocenters. The van der Waals surface area contributed by atoms with Gasteiger partial charge in [-0.15, -0.1) is 0 Å². The fraction of sp³-hybridized carbons (Fsp3) is 0.381. The fourth-order valence-corrected chi connectivity index (χ4v) is 2.44. The van der Waals surface area contributed by atoms with Gasteiger partial charge in [-0.05, 0) is 42.5 Å². The molecule has 0 saturated heterocycles. The number of carbonyl (C=O) groups is 1. The van der Waals surface area contributed by atoms with Crippen molar-refractivity contribution in [3.05, 3.63) is 65.7 Å². The number of para-hydroxylation sites is 1. The summed E-state index contributed by atoms with van der Waals surface area (Å²) in [5.74, 6) is 0.577. The van der Waals surface area contributed by atoms with Crippen molar-refractivity contribution in [1.82, 2.24) is 5.32 Å². The Balaban J connectivity index is 1.95. The second-order valence-corrected chi connectivity index (χ2v) is 7.18. The summed E-state index contributed by atoms with van der Waals surface area (Å²) in [7, 11) is 0. The van der Waals surface area contributed by atoms with Crippen molar-refractivity contribution in [2.45, 2.75) is 52.2 Å². The molecule has 0 aliphatic rings. The standard InChI is InChI=1S/C21H27NO2/c1-15(17-11-13-18(14-12-17)21(3,4)5)22-20(23)16(2)24-19-9-7-6-8-10-19/h6-16H,1-5H3,(H,22,23)/t15-,16+/m0/s1. The first-order chi connectivity index (χ1) is 11.3. The lowest BCUT2D eigenvalue weighted by atomic mass is 9.86. The first-order valence-electron chi connectivity index (χ1n) is 8.40. The topological polar surface area (TPSA) is 38.3 Å². The highest BCUT2D eigenvalue weighted by Gasteiger charge is 2.18. The Labute approximate surface area is 145 Å². The van der Waals surface area contributed by atoms with E-state index in [0.29, 0.717) is 5.75 Å². The van der Waals surface area contributed by atoms with E-state index < -0.39 is 6.10 Å². The van der Waals surface area contributed by atoms with Crippen molar-refractivity contribution in [2.24, 2.45) is 0 Å². The Hall–Kier alpha value is -2.29. The van der Waals surface area contributed by atoms with E-state index in [1.807, 2.05) is 37.3 Å². The molecule has 0 bridgehead atoms. The van der Waals surface area contributed by atoms with Crippen molar-refractivity contribution in [3.63, 3.8) is 0 Å². The third-order valence-electron chi connectivity index (χ3n) is 4.06. The average Bonchev–Trinajstić information content (AvgIpc) is 2.55. The Kier molecular flexibility index (Phi) is 5.66. The van der Waals surface area contributed by atoms with E-state index in [-0.39, 0.29) is 17.4 Å². The van der Waals surface area contributed by atoms with E-state index in [4.69, 9.17) is 4.74 Å². The molecule has 0 fully saturated rings. The molecule has 2 rings (SSSR count). The molecule has 128 valence electrons. The zero-order chi connectivity index (χ0) is 17.7. The summed E-state index contributed by atoms with van der Waals surface area (Å²) in [6.07, 6.45) is -0.538.